The van der Waals surface area contributed by atoms with Crippen molar-refractivity contribution in [1.29, 1.82) is 0 Å². The predicted octanol–water partition coefficient (Wildman–Crippen LogP) is 2.41. The van der Waals surface area contributed by atoms with Gasteiger partial charge in [-0.3, -0.25) is 4.79 Å². The van der Waals surface area contributed by atoms with Crippen LogP contribution in [0.2, 0.25) is 0 Å². The third-order valence-corrected chi connectivity index (χ3v) is 1.02. The second kappa shape index (κ2) is 4.79. The molecule has 0 aromatic rings. The zero-order valence-electron chi connectivity index (χ0n) is 6.36. The van der Waals surface area contributed by atoms with Gasteiger partial charge < -0.3 is 4.74 Å². The lowest BCUT2D eigenvalue weighted by atomic mass is 10.2. The number of rotatable bonds is 4. The van der Waals surface area contributed by atoms with E-state index in [0.29, 0.717) is 12.8 Å². The van der Waals surface area contributed by atoms with Crippen LogP contribution in [-0.4, -0.2) is 12.3 Å². The van der Waals surface area contributed by atoms with Gasteiger partial charge in [0.25, 0.3) is 0 Å². The smallest absolute Gasteiger partial charge is 0.373 e. The number of esters is 1. The van der Waals surface area contributed by atoms with Crippen molar-refractivity contribution in [1.82, 2.24) is 0 Å². The first-order valence-corrected chi connectivity index (χ1v) is 3.35. The highest BCUT2D eigenvalue weighted by atomic mass is 19.4. The molecule has 0 saturated carbocycles. The molecule has 0 spiro atoms. The van der Waals surface area contributed by atoms with Crippen LogP contribution in [0, 0.1) is 0 Å². The molecule has 0 atom stereocenters. The number of alkyl halides is 3. The summed E-state index contributed by atoms with van der Waals surface area (Å²) in [7, 11) is 0. The van der Waals surface area contributed by atoms with E-state index in [4.69, 9.17) is 0 Å². The summed E-state index contributed by atoms with van der Waals surface area (Å²) in [5.41, 5.74) is 0. The molecule has 0 aliphatic carbocycles. The molecule has 12 heavy (non-hydrogen) atoms. The molecule has 0 aliphatic rings. The lowest BCUT2D eigenvalue weighted by molar-refractivity contribution is -0.305. The fourth-order valence-electron chi connectivity index (χ4n) is 0.571. The standard InChI is InChI=1S/C7H9F3O2/c1-2-3-4-5-6(11)12-7(8,9)10/h2H,1,3-5H2. The Morgan fingerprint density at radius 3 is 2.50 bits per heavy atom. The number of ether oxygens (including phenoxy) is 1. The van der Waals surface area contributed by atoms with Crippen LogP contribution in [0.4, 0.5) is 13.2 Å². The van der Waals surface area contributed by atoms with Crippen molar-refractivity contribution >= 4 is 5.97 Å². The fourth-order valence-corrected chi connectivity index (χ4v) is 0.571. The Bertz CT molecular complexity index is 163. The number of unbranched alkanes of at least 4 members (excludes halogenated alkanes) is 1. The van der Waals surface area contributed by atoms with Crippen LogP contribution in [-0.2, 0) is 9.53 Å². The fraction of sp³-hybridized carbons (Fsp3) is 0.571. The Kier molecular flexibility index (Phi) is 4.39. The van der Waals surface area contributed by atoms with E-state index in [1.54, 1.807) is 0 Å². The molecule has 0 bridgehead atoms. The van der Waals surface area contributed by atoms with E-state index in [-0.39, 0.29) is 6.42 Å². The van der Waals surface area contributed by atoms with Crippen LogP contribution in [0.5, 0.6) is 0 Å². The molecule has 0 aromatic carbocycles. The molecule has 0 aromatic heterocycles. The van der Waals surface area contributed by atoms with E-state index in [0.717, 1.165) is 0 Å². The summed E-state index contributed by atoms with van der Waals surface area (Å²) in [5, 5.41) is 0. The topological polar surface area (TPSA) is 26.3 Å². The minimum absolute atomic E-state index is 0.231. The predicted molar refractivity (Wildman–Crippen MR) is 36.2 cm³/mol. The van der Waals surface area contributed by atoms with Crippen molar-refractivity contribution in [3.05, 3.63) is 12.7 Å². The number of hydrogen-bond donors (Lipinski definition) is 0. The van der Waals surface area contributed by atoms with Gasteiger partial charge in [-0.15, -0.1) is 19.8 Å². The van der Waals surface area contributed by atoms with Gasteiger partial charge in [-0.05, 0) is 12.8 Å². The van der Waals surface area contributed by atoms with E-state index in [1.165, 1.54) is 6.08 Å². The van der Waals surface area contributed by atoms with Crippen LogP contribution in [0.1, 0.15) is 19.3 Å². The Morgan fingerprint density at radius 2 is 2.08 bits per heavy atom. The first-order valence-electron chi connectivity index (χ1n) is 3.35. The molecule has 0 saturated heterocycles. The van der Waals surface area contributed by atoms with Gasteiger partial charge in [0.1, 0.15) is 0 Å². The van der Waals surface area contributed by atoms with Crippen LogP contribution >= 0.6 is 0 Å². The van der Waals surface area contributed by atoms with Crippen molar-refractivity contribution in [3.8, 4) is 0 Å². The third-order valence-electron chi connectivity index (χ3n) is 1.02. The van der Waals surface area contributed by atoms with Gasteiger partial charge in [0.15, 0.2) is 0 Å². The molecule has 0 amide bonds. The molecule has 0 radical (unpaired) electrons. The monoisotopic (exact) mass is 182 g/mol. The average molecular weight is 182 g/mol. The largest absolute Gasteiger partial charge is 0.575 e. The summed E-state index contributed by atoms with van der Waals surface area (Å²) >= 11 is 0. The average Bonchev–Trinajstić information content (AvgIpc) is 1.84. The van der Waals surface area contributed by atoms with Crippen molar-refractivity contribution in [2.75, 3.05) is 0 Å². The number of halogens is 3. The van der Waals surface area contributed by atoms with Gasteiger partial charge in [-0.2, -0.15) is 0 Å². The summed E-state index contributed by atoms with van der Waals surface area (Å²) in [5.74, 6) is -1.25. The molecule has 2 nitrogen and oxygen atoms in total. The highest BCUT2D eigenvalue weighted by molar-refractivity contribution is 5.69. The molecule has 0 aliphatic heterocycles. The molecule has 5 heteroatoms. The Labute approximate surface area is 68.0 Å². The molecule has 0 fully saturated rings. The first-order chi connectivity index (χ1) is 5.45. The van der Waals surface area contributed by atoms with E-state index in [2.05, 4.69) is 11.3 Å². The minimum Gasteiger partial charge on any atom is -0.373 e. The summed E-state index contributed by atoms with van der Waals surface area (Å²) in [4.78, 5) is 10.4. The van der Waals surface area contributed by atoms with Crippen molar-refractivity contribution in [3.63, 3.8) is 0 Å². The Hall–Kier alpha value is -1.00. The lowest BCUT2D eigenvalue weighted by Crippen LogP contribution is -2.18. The summed E-state index contributed by atoms with van der Waals surface area (Å²) in [6.07, 6.45) is -2.72. The van der Waals surface area contributed by atoms with Gasteiger partial charge in [0.2, 0.25) is 0 Å². The van der Waals surface area contributed by atoms with Gasteiger partial charge in [-0.1, -0.05) is 6.08 Å². The van der Waals surface area contributed by atoms with E-state index < -0.39 is 12.3 Å². The zero-order chi connectivity index (χ0) is 9.61. The van der Waals surface area contributed by atoms with Crippen LogP contribution < -0.4 is 0 Å². The number of carbonyl (C=O) groups excluding carboxylic acids is 1. The molecule has 0 unspecified atom stereocenters. The number of carbonyl (C=O) groups is 1. The Morgan fingerprint density at radius 1 is 1.50 bits per heavy atom. The van der Waals surface area contributed by atoms with Gasteiger partial charge in [0, 0.05) is 6.42 Å². The van der Waals surface area contributed by atoms with Crippen molar-refractivity contribution in [2.24, 2.45) is 0 Å². The first kappa shape index (κ1) is 11.0. The van der Waals surface area contributed by atoms with E-state index in [1.807, 2.05) is 0 Å². The molecular formula is C7H9F3O2. The van der Waals surface area contributed by atoms with Crippen LogP contribution in [0.15, 0.2) is 12.7 Å². The summed E-state index contributed by atoms with van der Waals surface area (Å²) in [6, 6.07) is 0. The van der Waals surface area contributed by atoms with Gasteiger partial charge >= 0.3 is 12.3 Å². The lowest BCUT2D eigenvalue weighted by Gasteiger charge is -2.05. The zero-order valence-corrected chi connectivity index (χ0v) is 6.36. The Balaban J connectivity index is 3.53. The molecule has 0 heterocycles. The van der Waals surface area contributed by atoms with Gasteiger partial charge in [0.05, 0.1) is 0 Å². The normalized spacial score (nSPS) is 10.9. The highest BCUT2D eigenvalue weighted by Gasteiger charge is 2.33. The maximum atomic E-state index is 11.4. The third kappa shape index (κ3) is 7.11. The van der Waals surface area contributed by atoms with Crippen LogP contribution in [0.3, 0.4) is 0 Å². The molecule has 70 valence electrons. The quantitative estimate of drug-likeness (QED) is 0.379. The summed E-state index contributed by atoms with van der Waals surface area (Å²) < 4.78 is 37.2. The maximum Gasteiger partial charge on any atom is 0.575 e. The van der Waals surface area contributed by atoms with Crippen LogP contribution in [0.25, 0.3) is 0 Å². The van der Waals surface area contributed by atoms with E-state index >= 15 is 0 Å². The van der Waals surface area contributed by atoms with E-state index in [9.17, 15) is 18.0 Å². The molecule has 0 N–H and O–H groups in total. The summed E-state index contributed by atoms with van der Waals surface area (Å²) in [6.45, 7) is 3.36. The second-order valence-corrected chi connectivity index (χ2v) is 2.10. The molecular weight excluding hydrogens is 173 g/mol. The van der Waals surface area contributed by atoms with Crippen molar-refractivity contribution < 1.29 is 22.7 Å². The minimum atomic E-state index is -4.86. The van der Waals surface area contributed by atoms with Crippen molar-refractivity contribution in [2.45, 2.75) is 25.6 Å². The number of allylic oxidation sites excluding steroid dienone is 1. The SMILES string of the molecule is C=CCCCC(=O)OC(F)(F)F. The maximum absolute atomic E-state index is 11.4. The molecule has 0 rings (SSSR count). The number of hydrogen-bond acceptors (Lipinski definition) is 2. The highest BCUT2D eigenvalue weighted by Crippen LogP contribution is 2.17. The second-order valence-electron chi connectivity index (χ2n) is 2.10. The van der Waals surface area contributed by atoms with Gasteiger partial charge in [-0.25, -0.2) is 0 Å².